The predicted octanol–water partition coefficient (Wildman–Crippen LogP) is 6.74. The zero-order valence-corrected chi connectivity index (χ0v) is 29.1. The van der Waals surface area contributed by atoms with Crippen LogP contribution in [0.5, 0.6) is 0 Å². The molecule has 7 nitrogen and oxygen atoms in total. The van der Waals surface area contributed by atoms with E-state index in [1.54, 1.807) is 12.1 Å². The van der Waals surface area contributed by atoms with Crippen LogP contribution in [0.15, 0.2) is 78.9 Å². The van der Waals surface area contributed by atoms with Gasteiger partial charge in [-0.05, 0) is 116 Å². The number of hydrogen-bond donors (Lipinski definition) is 1. The van der Waals surface area contributed by atoms with E-state index in [2.05, 4.69) is 17.4 Å². The van der Waals surface area contributed by atoms with Crippen LogP contribution in [-0.4, -0.2) is 50.0 Å². The van der Waals surface area contributed by atoms with Crippen molar-refractivity contribution in [2.75, 3.05) is 17.1 Å². The van der Waals surface area contributed by atoms with Crippen LogP contribution in [-0.2, 0) is 38.0 Å². The van der Waals surface area contributed by atoms with E-state index in [-0.39, 0.29) is 30.3 Å². The molecule has 7 rings (SSSR count). The first kappa shape index (κ1) is 33.5. The minimum atomic E-state index is -3.84. The molecule has 1 atom stereocenters. The molecule has 0 heterocycles. The van der Waals surface area contributed by atoms with Crippen molar-refractivity contribution in [3.8, 4) is 0 Å². The second kappa shape index (κ2) is 13.6. The van der Waals surface area contributed by atoms with Crippen molar-refractivity contribution in [2.45, 2.75) is 82.8 Å². The number of carbonyl (C=O) groups excluding carboxylic acids is 2. The van der Waals surface area contributed by atoms with Crippen LogP contribution in [0.3, 0.4) is 0 Å². The maximum atomic E-state index is 14.4. The topological polar surface area (TPSA) is 86.8 Å². The molecule has 0 aromatic heterocycles. The summed E-state index contributed by atoms with van der Waals surface area (Å²) in [6.45, 7) is 3.44. The van der Waals surface area contributed by atoms with Gasteiger partial charge in [-0.2, -0.15) is 0 Å². The number of amides is 2. The highest BCUT2D eigenvalue weighted by molar-refractivity contribution is 7.92. The van der Waals surface area contributed by atoms with Gasteiger partial charge in [0.15, 0.2) is 0 Å². The number of anilines is 1. The second-order valence-corrected chi connectivity index (χ2v) is 16.9. The number of benzene rings is 3. The largest absolute Gasteiger partial charge is 0.352 e. The third kappa shape index (κ3) is 7.70. The molecule has 47 heavy (non-hydrogen) atoms. The summed E-state index contributed by atoms with van der Waals surface area (Å²) in [4.78, 5) is 29.6. The lowest BCUT2D eigenvalue weighted by atomic mass is 9.48. The van der Waals surface area contributed by atoms with E-state index in [0.29, 0.717) is 10.7 Å². The summed E-state index contributed by atoms with van der Waals surface area (Å²) in [7, 11) is -3.84. The standard InChI is InChI=1S/C38H46ClN3O4S/c1-26(2)40-37(44)35(20-27-7-5-4-6-8-27)41(24-28-9-13-33(39)14-10-28)36(43)25-42(47(3,45)46)34-15-11-32(12-16-34)38-21-29-17-30(22-38)19-31(18-29)23-38/h4-16,26,29-31,35H,17-25H2,1-3H3,(H,40,44)/t29?,30?,31?,35-,38?/m1/s1. The van der Waals surface area contributed by atoms with Gasteiger partial charge in [-0.3, -0.25) is 13.9 Å². The molecule has 0 aliphatic heterocycles. The maximum Gasteiger partial charge on any atom is 0.244 e. The molecule has 4 aliphatic carbocycles. The van der Waals surface area contributed by atoms with E-state index < -0.39 is 28.5 Å². The molecule has 9 heteroatoms. The quantitative estimate of drug-likeness (QED) is 0.231. The number of carbonyl (C=O) groups is 2. The molecule has 3 aromatic carbocycles. The van der Waals surface area contributed by atoms with Crippen LogP contribution >= 0.6 is 11.6 Å². The molecule has 0 spiro atoms. The first-order valence-electron chi connectivity index (χ1n) is 16.8. The Morgan fingerprint density at radius 1 is 0.851 bits per heavy atom. The lowest BCUT2D eigenvalue weighted by Crippen LogP contribution is -2.54. The molecule has 4 saturated carbocycles. The number of nitrogens with zero attached hydrogens (tertiary/aromatic N) is 2. The molecular weight excluding hydrogens is 630 g/mol. The van der Waals surface area contributed by atoms with Gasteiger partial charge in [-0.25, -0.2) is 8.42 Å². The Kier molecular flexibility index (Phi) is 9.73. The Balaban J connectivity index is 1.30. The SMILES string of the molecule is CC(C)NC(=O)[C@@H](Cc1ccccc1)N(Cc1ccc(Cl)cc1)C(=O)CN(c1ccc(C23CC4CC(CC(C4)C2)C3)cc1)S(C)(=O)=O. The zero-order chi connectivity index (χ0) is 33.3. The Morgan fingerprint density at radius 3 is 1.96 bits per heavy atom. The van der Waals surface area contributed by atoms with Crippen LogP contribution < -0.4 is 9.62 Å². The van der Waals surface area contributed by atoms with Gasteiger partial charge in [0.1, 0.15) is 12.6 Å². The molecule has 0 saturated heterocycles. The number of sulfonamides is 1. The van der Waals surface area contributed by atoms with Crippen molar-refractivity contribution < 1.29 is 18.0 Å². The summed E-state index contributed by atoms with van der Waals surface area (Å²) in [5.41, 5.74) is 3.60. The van der Waals surface area contributed by atoms with Gasteiger partial charge in [0.05, 0.1) is 11.9 Å². The lowest BCUT2D eigenvalue weighted by molar-refractivity contribution is -0.140. The number of nitrogens with one attached hydrogen (secondary N) is 1. The van der Waals surface area contributed by atoms with Gasteiger partial charge in [0.25, 0.3) is 0 Å². The highest BCUT2D eigenvalue weighted by Gasteiger charge is 2.51. The number of rotatable bonds is 12. The van der Waals surface area contributed by atoms with Crippen LogP contribution in [0.2, 0.25) is 5.02 Å². The van der Waals surface area contributed by atoms with Gasteiger partial charge < -0.3 is 10.2 Å². The summed E-state index contributed by atoms with van der Waals surface area (Å²) in [5, 5.41) is 3.54. The molecule has 250 valence electrons. The normalized spacial score (nSPS) is 23.8. The van der Waals surface area contributed by atoms with Gasteiger partial charge in [0, 0.05) is 24.0 Å². The summed E-state index contributed by atoms with van der Waals surface area (Å²) in [6.07, 6.45) is 9.12. The summed E-state index contributed by atoms with van der Waals surface area (Å²) in [5.74, 6) is 1.64. The molecule has 2 amide bonds. The van der Waals surface area contributed by atoms with Crippen LogP contribution in [0.25, 0.3) is 0 Å². The van der Waals surface area contributed by atoms with E-state index in [0.717, 1.165) is 35.1 Å². The van der Waals surface area contributed by atoms with Gasteiger partial charge in [-0.1, -0.05) is 66.2 Å². The van der Waals surface area contributed by atoms with Crippen LogP contribution in [0.4, 0.5) is 5.69 Å². The van der Waals surface area contributed by atoms with Crippen LogP contribution in [0.1, 0.15) is 69.1 Å². The first-order valence-corrected chi connectivity index (χ1v) is 19.1. The van der Waals surface area contributed by atoms with E-state index in [4.69, 9.17) is 11.6 Å². The van der Waals surface area contributed by atoms with Crippen LogP contribution in [0, 0.1) is 17.8 Å². The fourth-order valence-corrected chi connectivity index (χ4v) is 9.76. The second-order valence-electron chi connectivity index (χ2n) is 14.5. The molecule has 3 aromatic rings. The first-order chi connectivity index (χ1) is 22.4. The van der Waals surface area contributed by atoms with Gasteiger partial charge in [0.2, 0.25) is 21.8 Å². The molecule has 4 bridgehead atoms. The molecule has 4 fully saturated rings. The average Bonchev–Trinajstić information content (AvgIpc) is 3.01. The highest BCUT2D eigenvalue weighted by Crippen LogP contribution is 2.60. The van der Waals surface area contributed by atoms with E-state index in [1.807, 2.05) is 68.4 Å². The van der Waals surface area contributed by atoms with E-state index >= 15 is 0 Å². The fourth-order valence-electron chi connectivity index (χ4n) is 8.78. The summed E-state index contributed by atoms with van der Waals surface area (Å²) >= 11 is 6.16. The lowest BCUT2D eigenvalue weighted by Gasteiger charge is -2.57. The molecule has 0 radical (unpaired) electrons. The third-order valence-corrected chi connectivity index (χ3v) is 11.8. The monoisotopic (exact) mass is 675 g/mol. The number of hydrogen-bond acceptors (Lipinski definition) is 4. The van der Waals surface area contributed by atoms with E-state index in [1.165, 1.54) is 53.3 Å². The van der Waals surface area contributed by atoms with Gasteiger partial charge in [-0.15, -0.1) is 0 Å². The Hall–Kier alpha value is -3.36. The van der Waals surface area contributed by atoms with Crippen molar-refractivity contribution in [3.05, 3.63) is 101 Å². The van der Waals surface area contributed by atoms with Crippen molar-refractivity contribution in [1.82, 2.24) is 10.2 Å². The maximum absolute atomic E-state index is 14.4. The molecule has 0 unspecified atom stereocenters. The minimum absolute atomic E-state index is 0.113. The Morgan fingerprint density at radius 2 is 1.43 bits per heavy atom. The summed E-state index contributed by atoms with van der Waals surface area (Å²) in [6, 6.07) is 23.6. The number of halogens is 1. The Bertz CT molecular complexity index is 1640. The predicted molar refractivity (Wildman–Crippen MR) is 188 cm³/mol. The van der Waals surface area contributed by atoms with Gasteiger partial charge >= 0.3 is 0 Å². The average molecular weight is 676 g/mol. The highest BCUT2D eigenvalue weighted by atomic mass is 35.5. The van der Waals surface area contributed by atoms with Crippen molar-refractivity contribution in [2.24, 2.45) is 17.8 Å². The van der Waals surface area contributed by atoms with Crippen molar-refractivity contribution >= 4 is 39.1 Å². The van der Waals surface area contributed by atoms with Crippen molar-refractivity contribution in [1.29, 1.82) is 0 Å². The molecule has 4 aliphatic rings. The third-order valence-electron chi connectivity index (χ3n) is 10.5. The van der Waals surface area contributed by atoms with Crippen molar-refractivity contribution in [3.63, 3.8) is 0 Å². The van der Waals surface area contributed by atoms with E-state index in [9.17, 15) is 18.0 Å². The fraction of sp³-hybridized carbons (Fsp3) is 0.474. The minimum Gasteiger partial charge on any atom is -0.352 e. The summed E-state index contributed by atoms with van der Waals surface area (Å²) < 4.78 is 27.8. The zero-order valence-electron chi connectivity index (χ0n) is 27.6. The Labute approximate surface area is 284 Å². The molecular formula is C38H46ClN3O4S. The smallest absolute Gasteiger partial charge is 0.244 e. The molecule has 1 N–H and O–H groups in total.